The van der Waals surface area contributed by atoms with Crippen molar-refractivity contribution in [3.8, 4) is 0 Å². The van der Waals surface area contributed by atoms with Crippen molar-refractivity contribution >= 4 is 39.0 Å². The molecule has 2 aromatic rings. The zero-order valence-electron chi connectivity index (χ0n) is 11.4. The van der Waals surface area contributed by atoms with E-state index in [2.05, 4.69) is 42.3 Å². The number of aromatic nitrogens is 1. The lowest BCUT2D eigenvalue weighted by molar-refractivity contribution is 0.0951. The molecule has 2 aromatic heterocycles. The van der Waals surface area contributed by atoms with Gasteiger partial charge in [0, 0.05) is 23.8 Å². The average molecular weight is 354 g/mol. The first kappa shape index (κ1) is 15.0. The van der Waals surface area contributed by atoms with Crippen molar-refractivity contribution in [3.63, 3.8) is 0 Å². The smallest absolute Gasteiger partial charge is 0.255 e. The molecule has 0 spiro atoms. The summed E-state index contributed by atoms with van der Waals surface area (Å²) in [6.07, 6.45) is 1.68. The van der Waals surface area contributed by atoms with E-state index in [0.29, 0.717) is 17.9 Å². The van der Waals surface area contributed by atoms with Crippen molar-refractivity contribution < 1.29 is 4.79 Å². The number of hydrogen-bond acceptors (Lipinski definition) is 4. The number of rotatable bonds is 5. The minimum absolute atomic E-state index is 0.125. The molecule has 0 fully saturated rings. The van der Waals surface area contributed by atoms with Gasteiger partial charge in [0.15, 0.2) is 0 Å². The predicted octanol–water partition coefficient (Wildman–Crippen LogP) is 3.58. The first-order valence-electron chi connectivity index (χ1n) is 6.31. The zero-order valence-corrected chi connectivity index (χ0v) is 13.8. The van der Waals surface area contributed by atoms with Gasteiger partial charge in [-0.1, -0.05) is 0 Å². The molecule has 0 saturated heterocycles. The maximum absolute atomic E-state index is 12.3. The maximum Gasteiger partial charge on any atom is 0.255 e. The largest absolute Gasteiger partial charge is 0.370 e. The Balaban J connectivity index is 2.12. The molecule has 0 aliphatic heterocycles. The molecule has 4 nitrogen and oxygen atoms in total. The Hall–Kier alpha value is -1.40. The molecule has 106 valence electrons. The van der Waals surface area contributed by atoms with Gasteiger partial charge >= 0.3 is 0 Å². The summed E-state index contributed by atoms with van der Waals surface area (Å²) in [5, 5.41) is 10.2. The van der Waals surface area contributed by atoms with E-state index in [-0.39, 0.29) is 5.91 Å². The Morgan fingerprint density at radius 2 is 2.25 bits per heavy atom. The fourth-order valence-corrected chi connectivity index (χ4v) is 2.95. The Morgan fingerprint density at radius 1 is 1.45 bits per heavy atom. The van der Waals surface area contributed by atoms with Gasteiger partial charge in [0.25, 0.3) is 5.91 Å². The molecule has 0 atom stereocenters. The summed E-state index contributed by atoms with van der Waals surface area (Å²) in [4.78, 5) is 16.5. The fourth-order valence-electron chi connectivity index (χ4n) is 1.76. The highest BCUT2D eigenvalue weighted by molar-refractivity contribution is 9.10. The highest BCUT2D eigenvalue weighted by atomic mass is 79.9. The predicted molar refractivity (Wildman–Crippen MR) is 86.3 cm³/mol. The summed E-state index contributed by atoms with van der Waals surface area (Å²) >= 11 is 4.99. The van der Waals surface area contributed by atoms with Gasteiger partial charge < -0.3 is 10.6 Å². The number of nitrogens with one attached hydrogen (secondary N) is 2. The minimum atomic E-state index is -0.125. The quantitative estimate of drug-likeness (QED) is 0.863. The van der Waals surface area contributed by atoms with Crippen LogP contribution in [0, 0.1) is 6.92 Å². The standard InChI is InChI=1S/C14H16BrN3OS/c1-3-16-13-12(4-11(15)6-17-13)14(19)18-5-10-8-20-7-9(10)2/h4,6-8H,3,5H2,1-2H3,(H,16,17)(H,18,19). The number of nitrogens with zero attached hydrogens (tertiary/aromatic N) is 1. The Morgan fingerprint density at radius 3 is 2.90 bits per heavy atom. The molecular formula is C14H16BrN3OS. The molecule has 1 amide bonds. The van der Waals surface area contributed by atoms with Crippen LogP contribution in [0.15, 0.2) is 27.5 Å². The summed E-state index contributed by atoms with van der Waals surface area (Å²) in [6.45, 7) is 5.27. The Kier molecular flexibility index (Phi) is 5.14. The molecule has 0 bridgehead atoms. The van der Waals surface area contributed by atoms with Gasteiger partial charge in [0.1, 0.15) is 5.82 Å². The molecule has 0 radical (unpaired) electrons. The summed E-state index contributed by atoms with van der Waals surface area (Å²) < 4.78 is 0.788. The van der Waals surface area contributed by atoms with E-state index < -0.39 is 0 Å². The highest BCUT2D eigenvalue weighted by Crippen LogP contribution is 2.18. The van der Waals surface area contributed by atoms with Gasteiger partial charge in [-0.15, -0.1) is 0 Å². The lowest BCUT2D eigenvalue weighted by Crippen LogP contribution is -2.24. The van der Waals surface area contributed by atoms with E-state index in [1.807, 2.05) is 13.8 Å². The van der Waals surface area contributed by atoms with Crippen LogP contribution in [-0.4, -0.2) is 17.4 Å². The van der Waals surface area contributed by atoms with Gasteiger partial charge in [0.05, 0.1) is 5.56 Å². The van der Waals surface area contributed by atoms with E-state index >= 15 is 0 Å². The number of halogens is 1. The monoisotopic (exact) mass is 353 g/mol. The lowest BCUT2D eigenvalue weighted by Gasteiger charge is -2.10. The summed E-state index contributed by atoms with van der Waals surface area (Å²) in [6, 6.07) is 1.78. The van der Waals surface area contributed by atoms with Crippen LogP contribution in [-0.2, 0) is 6.54 Å². The number of thiophene rings is 1. The lowest BCUT2D eigenvalue weighted by atomic mass is 10.2. The van der Waals surface area contributed by atoms with Gasteiger partial charge in [-0.2, -0.15) is 11.3 Å². The van der Waals surface area contributed by atoms with Gasteiger partial charge in [-0.3, -0.25) is 4.79 Å². The third-order valence-electron chi connectivity index (χ3n) is 2.84. The minimum Gasteiger partial charge on any atom is -0.370 e. The van der Waals surface area contributed by atoms with E-state index in [0.717, 1.165) is 16.6 Å². The first-order valence-corrected chi connectivity index (χ1v) is 8.04. The van der Waals surface area contributed by atoms with Crippen LogP contribution in [0.1, 0.15) is 28.4 Å². The first-order chi connectivity index (χ1) is 9.61. The number of pyridine rings is 1. The van der Waals surface area contributed by atoms with Crippen LogP contribution in [0.2, 0.25) is 0 Å². The van der Waals surface area contributed by atoms with Crippen LogP contribution in [0.5, 0.6) is 0 Å². The number of carbonyl (C=O) groups excluding carboxylic acids is 1. The second kappa shape index (κ2) is 6.85. The van der Waals surface area contributed by atoms with Crippen molar-refractivity contribution in [2.24, 2.45) is 0 Å². The van der Waals surface area contributed by atoms with Crippen molar-refractivity contribution in [2.45, 2.75) is 20.4 Å². The van der Waals surface area contributed by atoms with Crippen LogP contribution < -0.4 is 10.6 Å². The SMILES string of the molecule is CCNc1ncc(Br)cc1C(=O)NCc1cscc1C. The van der Waals surface area contributed by atoms with Crippen molar-refractivity contribution in [3.05, 3.63) is 44.2 Å². The molecular weight excluding hydrogens is 338 g/mol. The number of anilines is 1. The third-order valence-corrected chi connectivity index (χ3v) is 4.19. The van der Waals surface area contributed by atoms with Crippen LogP contribution in [0.3, 0.4) is 0 Å². The molecule has 6 heteroatoms. The van der Waals surface area contributed by atoms with E-state index in [9.17, 15) is 4.79 Å². The molecule has 0 saturated carbocycles. The molecule has 2 N–H and O–H groups in total. The highest BCUT2D eigenvalue weighted by Gasteiger charge is 2.13. The van der Waals surface area contributed by atoms with Gasteiger partial charge in [0.2, 0.25) is 0 Å². The molecule has 0 aliphatic rings. The van der Waals surface area contributed by atoms with E-state index in [1.165, 1.54) is 5.56 Å². The van der Waals surface area contributed by atoms with Crippen molar-refractivity contribution in [2.75, 3.05) is 11.9 Å². The maximum atomic E-state index is 12.3. The number of carbonyl (C=O) groups is 1. The van der Waals surface area contributed by atoms with Crippen molar-refractivity contribution in [1.82, 2.24) is 10.3 Å². The Bertz CT molecular complexity index is 612. The summed E-state index contributed by atoms with van der Waals surface area (Å²) in [5.41, 5.74) is 2.90. The average Bonchev–Trinajstić information content (AvgIpc) is 2.84. The number of amides is 1. The number of aryl methyl sites for hydroxylation is 1. The molecule has 0 aromatic carbocycles. The molecule has 20 heavy (non-hydrogen) atoms. The third kappa shape index (κ3) is 3.58. The van der Waals surface area contributed by atoms with Crippen LogP contribution in [0.4, 0.5) is 5.82 Å². The Labute approximate surface area is 130 Å². The summed E-state index contributed by atoms with van der Waals surface area (Å²) in [7, 11) is 0. The second-order valence-corrected chi connectivity index (χ2v) is 6.00. The number of hydrogen-bond donors (Lipinski definition) is 2. The van der Waals surface area contributed by atoms with Gasteiger partial charge in [-0.25, -0.2) is 4.98 Å². The van der Waals surface area contributed by atoms with Crippen LogP contribution >= 0.6 is 27.3 Å². The van der Waals surface area contributed by atoms with Gasteiger partial charge in [-0.05, 0) is 57.7 Å². The summed E-state index contributed by atoms with van der Waals surface area (Å²) in [5.74, 6) is 0.482. The fraction of sp³-hybridized carbons (Fsp3) is 0.286. The normalized spacial score (nSPS) is 10.3. The molecule has 2 rings (SSSR count). The molecule has 0 aliphatic carbocycles. The molecule has 0 unspecified atom stereocenters. The topological polar surface area (TPSA) is 54.0 Å². The van der Waals surface area contributed by atoms with Crippen molar-refractivity contribution in [1.29, 1.82) is 0 Å². The molecule has 2 heterocycles. The zero-order chi connectivity index (χ0) is 14.5. The van der Waals surface area contributed by atoms with E-state index in [4.69, 9.17) is 0 Å². The van der Waals surface area contributed by atoms with Crippen LogP contribution in [0.25, 0.3) is 0 Å². The van der Waals surface area contributed by atoms with E-state index in [1.54, 1.807) is 23.6 Å². The second-order valence-electron chi connectivity index (χ2n) is 4.34.